The minimum Gasteiger partial charge on any atom is -0.294 e. The van der Waals surface area contributed by atoms with Crippen LogP contribution in [0.3, 0.4) is 0 Å². The van der Waals surface area contributed by atoms with E-state index in [1.165, 1.54) is 11.3 Å². The SMILES string of the molecule is CC1(C)CCC(=O)c2c(Cc3cccs3)nn(CC(F)(F)F)c21. The molecule has 0 aliphatic heterocycles. The van der Waals surface area contributed by atoms with Crippen molar-refractivity contribution in [1.29, 1.82) is 0 Å². The summed E-state index contributed by atoms with van der Waals surface area (Å²) < 4.78 is 39.7. The third-order valence-electron chi connectivity index (χ3n) is 4.17. The molecule has 0 saturated carbocycles. The molecule has 0 radical (unpaired) electrons. The lowest BCUT2D eigenvalue weighted by Crippen LogP contribution is -2.32. The van der Waals surface area contributed by atoms with E-state index >= 15 is 0 Å². The van der Waals surface area contributed by atoms with E-state index in [0.717, 1.165) is 9.56 Å². The van der Waals surface area contributed by atoms with Gasteiger partial charge >= 0.3 is 6.18 Å². The summed E-state index contributed by atoms with van der Waals surface area (Å²) in [6.45, 7) is 2.60. The molecule has 0 fully saturated rings. The summed E-state index contributed by atoms with van der Waals surface area (Å²) in [5, 5.41) is 6.08. The van der Waals surface area contributed by atoms with E-state index in [-0.39, 0.29) is 5.78 Å². The second-order valence-electron chi connectivity index (χ2n) is 6.51. The van der Waals surface area contributed by atoms with Crippen LogP contribution in [-0.2, 0) is 18.4 Å². The van der Waals surface area contributed by atoms with Gasteiger partial charge in [-0.1, -0.05) is 19.9 Å². The van der Waals surface area contributed by atoms with Gasteiger partial charge in [0, 0.05) is 23.1 Å². The molecule has 0 unspecified atom stereocenters. The fourth-order valence-corrected chi connectivity index (χ4v) is 3.86. The zero-order valence-corrected chi connectivity index (χ0v) is 13.7. The quantitative estimate of drug-likeness (QED) is 0.831. The first-order valence-electron chi connectivity index (χ1n) is 7.40. The van der Waals surface area contributed by atoms with Crippen LogP contribution in [0.1, 0.15) is 53.3 Å². The number of nitrogens with zero attached hydrogens (tertiary/aromatic N) is 2. The van der Waals surface area contributed by atoms with E-state index < -0.39 is 18.1 Å². The van der Waals surface area contributed by atoms with Gasteiger partial charge in [-0.15, -0.1) is 11.3 Å². The molecular weight excluding hydrogens is 325 g/mol. The van der Waals surface area contributed by atoms with E-state index in [1.807, 2.05) is 31.4 Å². The Hall–Kier alpha value is -1.63. The average molecular weight is 342 g/mol. The van der Waals surface area contributed by atoms with Gasteiger partial charge in [0.2, 0.25) is 0 Å². The van der Waals surface area contributed by atoms with Gasteiger partial charge < -0.3 is 0 Å². The number of alkyl halides is 3. The van der Waals surface area contributed by atoms with Crippen LogP contribution >= 0.6 is 11.3 Å². The summed E-state index contributed by atoms with van der Waals surface area (Å²) in [4.78, 5) is 13.4. The summed E-state index contributed by atoms with van der Waals surface area (Å²) in [7, 11) is 0. The van der Waals surface area contributed by atoms with E-state index in [1.54, 1.807) is 0 Å². The first-order chi connectivity index (χ1) is 10.7. The first kappa shape index (κ1) is 16.2. The number of thiophene rings is 1. The Labute approximate surface area is 136 Å². The molecule has 0 spiro atoms. The number of carbonyl (C=O) groups is 1. The van der Waals surface area contributed by atoms with Gasteiger partial charge in [-0.3, -0.25) is 9.48 Å². The van der Waals surface area contributed by atoms with Gasteiger partial charge in [-0.25, -0.2) is 0 Å². The molecule has 2 aromatic rings. The molecule has 124 valence electrons. The maximum Gasteiger partial charge on any atom is 0.408 e. The molecule has 0 saturated heterocycles. The van der Waals surface area contributed by atoms with E-state index in [9.17, 15) is 18.0 Å². The van der Waals surface area contributed by atoms with Crippen molar-refractivity contribution in [3.63, 3.8) is 0 Å². The molecule has 2 heterocycles. The normalized spacial score (nSPS) is 17.3. The van der Waals surface area contributed by atoms with Crippen molar-refractivity contribution in [1.82, 2.24) is 9.78 Å². The number of hydrogen-bond acceptors (Lipinski definition) is 3. The van der Waals surface area contributed by atoms with Crippen LogP contribution in [0.5, 0.6) is 0 Å². The lowest BCUT2D eigenvalue weighted by molar-refractivity contribution is -0.143. The van der Waals surface area contributed by atoms with Crippen LogP contribution in [-0.4, -0.2) is 21.7 Å². The smallest absolute Gasteiger partial charge is 0.294 e. The molecule has 23 heavy (non-hydrogen) atoms. The molecule has 0 bridgehead atoms. The lowest BCUT2D eigenvalue weighted by Gasteiger charge is -2.30. The Morgan fingerprint density at radius 2 is 2.13 bits per heavy atom. The third-order valence-corrected chi connectivity index (χ3v) is 5.05. The fraction of sp³-hybridized carbons (Fsp3) is 0.500. The van der Waals surface area contributed by atoms with Crippen LogP contribution in [0.15, 0.2) is 17.5 Å². The van der Waals surface area contributed by atoms with Crippen molar-refractivity contribution in [2.75, 3.05) is 0 Å². The molecule has 2 aromatic heterocycles. The Morgan fingerprint density at radius 1 is 1.39 bits per heavy atom. The standard InChI is InChI=1S/C16H17F3N2OS/c1-15(2)6-5-12(22)13-11(8-10-4-3-7-23-10)20-21(14(13)15)9-16(17,18)19/h3-4,7H,5-6,8-9H2,1-2H3. The Kier molecular flexibility index (Phi) is 3.86. The van der Waals surface area contributed by atoms with Crippen molar-refractivity contribution in [3.05, 3.63) is 39.3 Å². The molecule has 7 heteroatoms. The number of fused-ring (bicyclic) bond motifs is 1. The van der Waals surface area contributed by atoms with Crippen LogP contribution in [0, 0.1) is 0 Å². The Bertz CT molecular complexity index is 729. The highest BCUT2D eigenvalue weighted by Crippen LogP contribution is 2.39. The van der Waals surface area contributed by atoms with Crippen LogP contribution in [0.2, 0.25) is 0 Å². The molecule has 3 rings (SSSR count). The number of rotatable bonds is 3. The fourth-order valence-electron chi connectivity index (χ4n) is 3.15. The second kappa shape index (κ2) is 5.47. The summed E-state index contributed by atoms with van der Waals surface area (Å²) in [6.07, 6.45) is -3.07. The highest BCUT2D eigenvalue weighted by atomic mass is 32.1. The molecule has 3 nitrogen and oxygen atoms in total. The predicted octanol–water partition coefficient (Wildman–Crippen LogP) is 4.35. The molecule has 0 N–H and O–H groups in total. The number of ketones is 1. The minimum atomic E-state index is -4.36. The minimum absolute atomic E-state index is 0.0979. The molecular formula is C16H17F3N2OS. The first-order valence-corrected chi connectivity index (χ1v) is 8.28. The van der Waals surface area contributed by atoms with Gasteiger partial charge in [0.15, 0.2) is 5.78 Å². The van der Waals surface area contributed by atoms with Gasteiger partial charge in [0.25, 0.3) is 0 Å². The maximum atomic E-state index is 12.9. The summed E-state index contributed by atoms with van der Waals surface area (Å²) in [5.74, 6) is -0.0979. The number of Topliss-reactive ketones (excluding diaryl/α,β-unsaturated/α-hetero) is 1. The second-order valence-corrected chi connectivity index (χ2v) is 7.54. The number of hydrogen-bond donors (Lipinski definition) is 0. The van der Waals surface area contributed by atoms with Crippen molar-refractivity contribution < 1.29 is 18.0 Å². The number of halogens is 3. The highest BCUT2D eigenvalue weighted by Gasteiger charge is 2.41. The van der Waals surface area contributed by atoms with Gasteiger partial charge in [0.05, 0.1) is 17.0 Å². The van der Waals surface area contributed by atoms with Crippen molar-refractivity contribution in [3.8, 4) is 0 Å². The third kappa shape index (κ3) is 3.20. The molecule has 0 aromatic carbocycles. The molecule has 1 aliphatic carbocycles. The Morgan fingerprint density at radius 3 is 2.74 bits per heavy atom. The van der Waals surface area contributed by atoms with Crippen LogP contribution in [0.4, 0.5) is 13.2 Å². The summed E-state index contributed by atoms with van der Waals surface area (Å²) in [5.41, 5.74) is 0.802. The highest BCUT2D eigenvalue weighted by molar-refractivity contribution is 7.09. The monoisotopic (exact) mass is 342 g/mol. The Balaban J connectivity index is 2.12. The molecule has 0 atom stereocenters. The number of carbonyl (C=O) groups excluding carboxylic acids is 1. The van der Waals surface area contributed by atoms with Crippen LogP contribution in [0.25, 0.3) is 0 Å². The van der Waals surface area contributed by atoms with Gasteiger partial charge in [-0.05, 0) is 17.9 Å². The average Bonchev–Trinajstić information content (AvgIpc) is 3.02. The van der Waals surface area contributed by atoms with Crippen molar-refractivity contribution in [2.45, 2.75) is 51.2 Å². The topological polar surface area (TPSA) is 34.9 Å². The predicted molar refractivity (Wildman–Crippen MR) is 82.0 cm³/mol. The van der Waals surface area contributed by atoms with Crippen molar-refractivity contribution >= 4 is 17.1 Å². The van der Waals surface area contributed by atoms with Crippen molar-refractivity contribution in [2.24, 2.45) is 0 Å². The van der Waals surface area contributed by atoms with Gasteiger partial charge in [0.1, 0.15) is 6.54 Å². The van der Waals surface area contributed by atoms with E-state index in [4.69, 9.17) is 0 Å². The maximum absolute atomic E-state index is 12.9. The van der Waals surface area contributed by atoms with Crippen LogP contribution < -0.4 is 0 Å². The zero-order chi connectivity index (χ0) is 16.8. The van der Waals surface area contributed by atoms with E-state index in [2.05, 4.69) is 5.10 Å². The number of aromatic nitrogens is 2. The van der Waals surface area contributed by atoms with Gasteiger partial charge in [-0.2, -0.15) is 18.3 Å². The summed E-state index contributed by atoms with van der Waals surface area (Å²) in [6, 6.07) is 3.78. The molecule has 1 aliphatic rings. The largest absolute Gasteiger partial charge is 0.408 e. The van der Waals surface area contributed by atoms with E-state index in [0.29, 0.717) is 36.2 Å². The molecule has 0 amide bonds. The zero-order valence-electron chi connectivity index (χ0n) is 12.9. The summed E-state index contributed by atoms with van der Waals surface area (Å²) >= 11 is 1.51. The lowest BCUT2D eigenvalue weighted by atomic mass is 9.75.